The average Bonchev–Trinajstić information content (AvgIpc) is 2.49. The van der Waals surface area contributed by atoms with E-state index in [2.05, 4.69) is 28.8 Å². The molecule has 0 amide bonds. The minimum absolute atomic E-state index is 0.113. The molecule has 3 rings (SSSR count). The highest BCUT2D eigenvalue weighted by Gasteiger charge is 2.28. The summed E-state index contributed by atoms with van der Waals surface area (Å²) in [6.07, 6.45) is 5.21. The number of hydrogen-bond donors (Lipinski definition) is 1. The van der Waals surface area contributed by atoms with Crippen molar-refractivity contribution in [1.29, 1.82) is 0 Å². The lowest BCUT2D eigenvalue weighted by molar-refractivity contribution is 0.0464. The SMILES string of the molecule is Cc1nc(-c2cccnc2)nc(N(C)CC2CC(O)C2)c1C. The van der Waals surface area contributed by atoms with E-state index in [1.807, 2.05) is 19.1 Å². The Balaban J connectivity index is 1.88. The molecule has 5 nitrogen and oxygen atoms in total. The lowest BCUT2D eigenvalue weighted by Gasteiger charge is -2.35. The Kier molecular flexibility index (Phi) is 4.07. The van der Waals surface area contributed by atoms with Crippen molar-refractivity contribution in [1.82, 2.24) is 15.0 Å². The zero-order valence-electron chi connectivity index (χ0n) is 13.3. The maximum Gasteiger partial charge on any atom is 0.163 e. The van der Waals surface area contributed by atoms with Crippen LogP contribution in [0.3, 0.4) is 0 Å². The maximum atomic E-state index is 9.44. The molecule has 1 N–H and O–H groups in total. The van der Waals surface area contributed by atoms with Gasteiger partial charge >= 0.3 is 0 Å². The van der Waals surface area contributed by atoms with Crippen molar-refractivity contribution in [3.63, 3.8) is 0 Å². The number of aliphatic hydroxyl groups excluding tert-OH is 1. The highest BCUT2D eigenvalue weighted by atomic mass is 16.3. The van der Waals surface area contributed by atoms with E-state index < -0.39 is 0 Å². The molecular weight excluding hydrogens is 276 g/mol. The molecule has 2 heterocycles. The Morgan fingerprint density at radius 1 is 1.27 bits per heavy atom. The molecule has 0 bridgehead atoms. The second kappa shape index (κ2) is 6.01. The number of anilines is 1. The molecule has 116 valence electrons. The number of hydrogen-bond acceptors (Lipinski definition) is 5. The molecule has 0 aliphatic heterocycles. The number of aryl methyl sites for hydroxylation is 1. The normalized spacial score (nSPS) is 20.5. The first kappa shape index (κ1) is 14.9. The zero-order chi connectivity index (χ0) is 15.7. The zero-order valence-corrected chi connectivity index (χ0v) is 13.3. The predicted octanol–water partition coefficient (Wildman–Crippen LogP) is 2.36. The summed E-state index contributed by atoms with van der Waals surface area (Å²) in [6.45, 7) is 4.99. The summed E-state index contributed by atoms with van der Waals surface area (Å²) in [7, 11) is 2.06. The van der Waals surface area contributed by atoms with Gasteiger partial charge in [0.2, 0.25) is 0 Å². The molecule has 2 aromatic heterocycles. The fourth-order valence-electron chi connectivity index (χ4n) is 2.93. The average molecular weight is 298 g/mol. The molecule has 5 heteroatoms. The summed E-state index contributed by atoms with van der Waals surface area (Å²) in [4.78, 5) is 15.7. The first-order valence-electron chi connectivity index (χ1n) is 7.69. The second-order valence-corrected chi connectivity index (χ2v) is 6.19. The number of aliphatic hydroxyl groups is 1. The lowest BCUT2D eigenvalue weighted by atomic mass is 9.82. The number of pyridine rings is 1. The summed E-state index contributed by atoms with van der Waals surface area (Å²) in [5.41, 5.74) is 3.03. The molecule has 1 aliphatic rings. The molecule has 0 radical (unpaired) electrons. The Morgan fingerprint density at radius 3 is 2.68 bits per heavy atom. The number of aromatic nitrogens is 3. The quantitative estimate of drug-likeness (QED) is 0.939. The predicted molar refractivity (Wildman–Crippen MR) is 86.7 cm³/mol. The van der Waals surface area contributed by atoms with Crippen LogP contribution in [0.1, 0.15) is 24.1 Å². The molecule has 0 spiro atoms. The van der Waals surface area contributed by atoms with Crippen molar-refractivity contribution in [3.05, 3.63) is 35.8 Å². The van der Waals surface area contributed by atoms with Gasteiger partial charge in [0.15, 0.2) is 5.82 Å². The fourth-order valence-corrected chi connectivity index (χ4v) is 2.93. The van der Waals surface area contributed by atoms with Gasteiger partial charge in [-0.1, -0.05) is 0 Å². The summed E-state index contributed by atoms with van der Waals surface area (Å²) in [5.74, 6) is 2.23. The topological polar surface area (TPSA) is 62.1 Å². The van der Waals surface area contributed by atoms with E-state index >= 15 is 0 Å². The van der Waals surface area contributed by atoms with Crippen LogP contribution in [-0.2, 0) is 0 Å². The Hall–Kier alpha value is -2.01. The van der Waals surface area contributed by atoms with Crippen LogP contribution in [0.4, 0.5) is 5.82 Å². The molecule has 1 saturated carbocycles. The van der Waals surface area contributed by atoms with E-state index in [4.69, 9.17) is 4.98 Å². The molecule has 1 fully saturated rings. The third-order valence-corrected chi connectivity index (χ3v) is 4.39. The molecule has 0 saturated heterocycles. The van der Waals surface area contributed by atoms with Crippen LogP contribution in [0, 0.1) is 19.8 Å². The second-order valence-electron chi connectivity index (χ2n) is 6.19. The van der Waals surface area contributed by atoms with Crippen LogP contribution in [0.25, 0.3) is 11.4 Å². The molecular formula is C17H22N4O. The molecule has 1 aliphatic carbocycles. The number of rotatable bonds is 4. The fraction of sp³-hybridized carbons (Fsp3) is 0.471. The lowest BCUT2D eigenvalue weighted by Crippen LogP contribution is -2.37. The molecule has 0 unspecified atom stereocenters. The Bertz CT molecular complexity index is 653. The smallest absolute Gasteiger partial charge is 0.163 e. The largest absolute Gasteiger partial charge is 0.393 e. The third-order valence-electron chi connectivity index (χ3n) is 4.39. The standard InChI is InChI=1S/C17H22N4O/c1-11-12(2)19-16(14-5-4-6-18-9-14)20-17(11)21(3)10-13-7-15(22)8-13/h4-6,9,13,15,22H,7-8,10H2,1-3H3. The van der Waals surface area contributed by atoms with Crippen molar-refractivity contribution < 1.29 is 5.11 Å². The molecule has 22 heavy (non-hydrogen) atoms. The van der Waals surface area contributed by atoms with Crippen molar-refractivity contribution >= 4 is 5.82 Å². The Morgan fingerprint density at radius 2 is 2.05 bits per heavy atom. The van der Waals surface area contributed by atoms with Gasteiger partial charge in [0, 0.05) is 42.8 Å². The molecule has 0 aromatic carbocycles. The van der Waals surface area contributed by atoms with Crippen LogP contribution in [0.2, 0.25) is 0 Å². The summed E-state index contributed by atoms with van der Waals surface area (Å²) < 4.78 is 0. The van der Waals surface area contributed by atoms with Gasteiger partial charge in [-0.3, -0.25) is 4.98 Å². The van der Waals surface area contributed by atoms with Crippen LogP contribution < -0.4 is 4.90 Å². The highest BCUT2D eigenvalue weighted by molar-refractivity contribution is 5.59. The summed E-state index contributed by atoms with van der Waals surface area (Å²) in [5, 5.41) is 9.44. The van der Waals surface area contributed by atoms with Gasteiger partial charge in [0.1, 0.15) is 5.82 Å². The molecule has 2 aromatic rings. The van der Waals surface area contributed by atoms with Gasteiger partial charge in [-0.25, -0.2) is 9.97 Å². The van der Waals surface area contributed by atoms with Gasteiger partial charge in [-0.15, -0.1) is 0 Å². The number of nitrogens with zero attached hydrogens (tertiary/aromatic N) is 4. The van der Waals surface area contributed by atoms with E-state index in [1.54, 1.807) is 12.4 Å². The van der Waals surface area contributed by atoms with E-state index in [9.17, 15) is 5.11 Å². The van der Waals surface area contributed by atoms with E-state index in [0.717, 1.165) is 42.0 Å². The van der Waals surface area contributed by atoms with Gasteiger partial charge in [0.05, 0.1) is 6.10 Å². The van der Waals surface area contributed by atoms with Crippen LogP contribution in [0.15, 0.2) is 24.5 Å². The maximum absolute atomic E-state index is 9.44. The monoisotopic (exact) mass is 298 g/mol. The van der Waals surface area contributed by atoms with E-state index in [-0.39, 0.29) is 6.10 Å². The molecule has 0 atom stereocenters. The summed E-state index contributed by atoms with van der Waals surface area (Å²) in [6, 6.07) is 3.87. The van der Waals surface area contributed by atoms with Crippen LogP contribution in [-0.4, -0.2) is 39.8 Å². The van der Waals surface area contributed by atoms with Gasteiger partial charge < -0.3 is 10.0 Å². The van der Waals surface area contributed by atoms with Gasteiger partial charge in [-0.05, 0) is 44.7 Å². The minimum atomic E-state index is -0.113. The highest BCUT2D eigenvalue weighted by Crippen LogP contribution is 2.30. The summed E-state index contributed by atoms with van der Waals surface area (Å²) >= 11 is 0. The van der Waals surface area contributed by atoms with Gasteiger partial charge in [-0.2, -0.15) is 0 Å². The first-order valence-corrected chi connectivity index (χ1v) is 7.69. The van der Waals surface area contributed by atoms with Crippen LogP contribution >= 0.6 is 0 Å². The van der Waals surface area contributed by atoms with Crippen molar-refractivity contribution in [3.8, 4) is 11.4 Å². The first-order chi connectivity index (χ1) is 10.5. The van der Waals surface area contributed by atoms with Crippen molar-refractivity contribution in [2.75, 3.05) is 18.5 Å². The van der Waals surface area contributed by atoms with Crippen LogP contribution in [0.5, 0.6) is 0 Å². The Labute approximate surface area is 131 Å². The van der Waals surface area contributed by atoms with E-state index in [0.29, 0.717) is 11.7 Å². The minimum Gasteiger partial charge on any atom is -0.393 e. The van der Waals surface area contributed by atoms with Gasteiger partial charge in [0.25, 0.3) is 0 Å². The third kappa shape index (κ3) is 2.95. The van der Waals surface area contributed by atoms with Crippen molar-refractivity contribution in [2.45, 2.75) is 32.8 Å². The van der Waals surface area contributed by atoms with Crippen molar-refractivity contribution in [2.24, 2.45) is 5.92 Å². The van der Waals surface area contributed by atoms with E-state index in [1.165, 1.54) is 0 Å².